The van der Waals surface area contributed by atoms with E-state index in [4.69, 9.17) is 23.8 Å². The number of aromatic nitrogens is 3. The first kappa shape index (κ1) is 15.8. The van der Waals surface area contributed by atoms with Crippen LogP contribution in [0.1, 0.15) is 42.6 Å². The van der Waals surface area contributed by atoms with Gasteiger partial charge in [-0.25, -0.2) is 0 Å². The summed E-state index contributed by atoms with van der Waals surface area (Å²) >= 11 is 11.5. The van der Waals surface area contributed by atoms with Gasteiger partial charge in [-0.3, -0.25) is 9.89 Å². The van der Waals surface area contributed by atoms with Gasteiger partial charge >= 0.3 is 0 Å². The highest BCUT2D eigenvalue weighted by Gasteiger charge is 2.44. The molecule has 0 spiro atoms. The minimum atomic E-state index is 0.0363. The Hall–Kier alpha value is -1.66. The van der Waals surface area contributed by atoms with Gasteiger partial charge in [0.1, 0.15) is 5.82 Å². The van der Waals surface area contributed by atoms with Crippen LogP contribution in [0.3, 0.4) is 0 Å². The Morgan fingerprint density at radius 2 is 2.21 bits per heavy atom. The zero-order valence-electron chi connectivity index (χ0n) is 13.2. The van der Waals surface area contributed by atoms with Crippen LogP contribution in [0.5, 0.6) is 0 Å². The summed E-state index contributed by atoms with van der Waals surface area (Å²) in [6.07, 6.45) is 3.89. The molecule has 1 heterocycles. The number of amides is 1. The maximum Gasteiger partial charge on any atom is 0.223 e. The second-order valence-electron chi connectivity index (χ2n) is 6.56. The van der Waals surface area contributed by atoms with Crippen LogP contribution in [0.4, 0.5) is 0 Å². The Morgan fingerprint density at radius 1 is 1.42 bits per heavy atom. The Kier molecular flexibility index (Phi) is 4.18. The molecule has 0 saturated heterocycles. The first-order chi connectivity index (χ1) is 11.6. The molecule has 2 aliphatic carbocycles. The molecule has 5 nitrogen and oxygen atoms in total. The number of hydrogen-bond acceptors (Lipinski definition) is 3. The van der Waals surface area contributed by atoms with Crippen LogP contribution in [0, 0.1) is 10.7 Å². The van der Waals surface area contributed by atoms with Crippen LogP contribution in [-0.2, 0) is 11.2 Å². The van der Waals surface area contributed by atoms with Gasteiger partial charge in [-0.1, -0.05) is 29.8 Å². The molecular weight excluding hydrogens is 344 g/mol. The Morgan fingerprint density at radius 3 is 2.96 bits per heavy atom. The molecule has 1 amide bonds. The molecule has 2 N–H and O–H groups in total. The lowest BCUT2D eigenvalue weighted by Crippen LogP contribution is -2.28. The van der Waals surface area contributed by atoms with Crippen molar-refractivity contribution in [3.05, 3.63) is 45.4 Å². The summed E-state index contributed by atoms with van der Waals surface area (Å²) in [6.45, 7) is 0.580. The van der Waals surface area contributed by atoms with Gasteiger partial charge in [0, 0.05) is 29.9 Å². The van der Waals surface area contributed by atoms with Crippen molar-refractivity contribution in [2.24, 2.45) is 5.92 Å². The molecule has 2 aromatic rings. The van der Waals surface area contributed by atoms with E-state index in [1.54, 1.807) is 0 Å². The molecule has 0 unspecified atom stereocenters. The van der Waals surface area contributed by atoms with Crippen LogP contribution in [0.15, 0.2) is 24.3 Å². The molecule has 2 atom stereocenters. The fraction of sp³-hybridized carbons (Fsp3) is 0.471. The predicted molar refractivity (Wildman–Crippen MR) is 94.7 cm³/mol. The van der Waals surface area contributed by atoms with E-state index in [2.05, 4.69) is 20.1 Å². The molecule has 126 valence electrons. The highest BCUT2D eigenvalue weighted by Crippen LogP contribution is 2.49. The topological polar surface area (TPSA) is 62.7 Å². The standard InChI is InChI=1S/C17H19ClN4OS/c18-14-4-2-1-3-11(14)12-9-13(12)16(23)19-8-7-15-20-21-17(24)22(15)10-5-6-10/h1-4,10,12-13H,5-9H2,(H,19,23)(H,21,24)/t12-,13-/m1/s1. The second-order valence-corrected chi connectivity index (χ2v) is 7.35. The smallest absolute Gasteiger partial charge is 0.223 e. The molecule has 0 bridgehead atoms. The molecule has 0 aliphatic heterocycles. The van der Waals surface area contributed by atoms with Crippen molar-refractivity contribution in [1.29, 1.82) is 0 Å². The molecule has 2 saturated carbocycles. The van der Waals surface area contributed by atoms with Gasteiger partial charge < -0.3 is 9.88 Å². The van der Waals surface area contributed by atoms with Crippen molar-refractivity contribution >= 4 is 29.7 Å². The fourth-order valence-corrected chi connectivity index (χ4v) is 3.83. The number of nitrogens with zero attached hydrogens (tertiary/aromatic N) is 2. The van der Waals surface area contributed by atoms with Gasteiger partial charge in [0.25, 0.3) is 0 Å². The van der Waals surface area contributed by atoms with Gasteiger partial charge in [-0.05, 0) is 49.0 Å². The normalized spacial score (nSPS) is 22.4. The van der Waals surface area contributed by atoms with E-state index < -0.39 is 0 Å². The largest absolute Gasteiger partial charge is 0.355 e. The molecule has 1 aromatic carbocycles. The molecule has 2 fully saturated rings. The molecule has 4 rings (SSSR count). The van der Waals surface area contributed by atoms with Gasteiger partial charge in [0.15, 0.2) is 4.77 Å². The second kappa shape index (κ2) is 6.33. The molecule has 7 heteroatoms. The highest BCUT2D eigenvalue weighted by molar-refractivity contribution is 7.71. The maximum absolute atomic E-state index is 12.3. The van der Waals surface area contributed by atoms with Gasteiger partial charge in [-0.15, -0.1) is 0 Å². The number of nitrogens with one attached hydrogen (secondary N) is 2. The van der Waals surface area contributed by atoms with Crippen molar-refractivity contribution in [3.63, 3.8) is 0 Å². The molecule has 24 heavy (non-hydrogen) atoms. The third-order valence-electron chi connectivity index (χ3n) is 4.77. The number of benzene rings is 1. The van der Waals surface area contributed by atoms with E-state index in [0.29, 0.717) is 23.8 Å². The van der Waals surface area contributed by atoms with Crippen LogP contribution in [-0.4, -0.2) is 27.2 Å². The van der Waals surface area contributed by atoms with E-state index >= 15 is 0 Å². The molecular formula is C17H19ClN4OS. The van der Waals surface area contributed by atoms with Gasteiger partial charge in [0.05, 0.1) is 0 Å². The zero-order valence-corrected chi connectivity index (χ0v) is 14.7. The number of rotatable bonds is 6. The van der Waals surface area contributed by atoms with Crippen molar-refractivity contribution in [2.75, 3.05) is 6.54 Å². The van der Waals surface area contributed by atoms with Crippen molar-refractivity contribution < 1.29 is 4.79 Å². The lowest BCUT2D eigenvalue weighted by Gasteiger charge is -2.07. The van der Waals surface area contributed by atoms with E-state index in [9.17, 15) is 4.79 Å². The average Bonchev–Trinajstić information content (AvgIpc) is 3.48. The lowest BCUT2D eigenvalue weighted by molar-refractivity contribution is -0.122. The van der Waals surface area contributed by atoms with Crippen molar-refractivity contribution in [1.82, 2.24) is 20.1 Å². The monoisotopic (exact) mass is 362 g/mol. The van der Waals surface area contributed by atoms with Crippen LogP contribution in [0.2, 0.25) is 5.02 Å². The Labute approximate surface area is 150 Å². The summed E-state index contributed by atoms with van der Waals surface area (Å²) in [5, 5.41) is 10.9. The lowest BCUT2D eigenvalue weighted by atomic mass is 10.1. The number of carbonyl (C=O) groups excluding carboxylic acids is 1. The predicted octanol–water partition coefficient (Wildman–Crippen LogP) is 3.39. The molecule has 1 aromatic heterocycles. The first-order valence-corrected chi connectivity index (χ1v) is 9.11. The number of halogens is 1. The number of H-pyrrole nitrogens is 1. The summed E-state index contributed by atoms with van der Waals surface area (Å²) < 4.78 is 2.77. The van der Waals surface area contributed by atoms with Gasteiger partial charge in [-0.2, -0.15) is 5.10 Å². The Balaban J connectivity index is 1.31. The zero-order chi connectivity index (χ0) is 16.7. The minimum Gasteiger partial charge on any atom is -0.355 e. The maximum atomic E-state index is 12.3. The fourth-order valence-electron chi connectivity index (χ4n) is 3.26. The van der Waals surface area contributed by atoms with E-state index in [1.165, 1.54) is 0 Å². The number of carbonyl (C=O) groups is 1. The SMILES string of the molecule is O=C(NCCc1n[nH]c(=S)n1C1CC1)[C@@H]1C[C@@H]1c1ccccc1Cl. The van der Waals surface area contributed by atoms with Crippen LogP contribution in [0.25, 0.3) is 0 Å². The molecule has 0 radical (unpaired) electrons. The third kappa shape index (κ3) is 3.13. The van der Waals surface area contributed by atoms with E-state index in [1.807, 2.05) is 24.3 Å². The summed E-state index contributed by atoms with van der Waals surface area (Å²) in [6, 6.07) is 8.26. The van der Waals surface area contributed by atoms with Crippen LogP contribution >= 0.6 is 23.8 Å². The third-order valence-corrected chi connectivity index (χ3v) is 5.40. The van der Waals surface area contributed by atoms with Crippen LogP contribution < -0.4 is 5.32 Å². The minimum absolute atomic E-state index is 0.0363. The highest BCUT2D eigenvalue weighted by atomic mass is 35.5. The number of hydrogen-bond donors (Lipinski definition) is 2. The average molecular weight is 363 g/mol. The number of aromatic amines is 1. The van der Waals surface area contributed by atoms with Crippen molar-refractivity contribution in [2.45, 2.75) is 37.6 Å². The quantitative estimate of drug-likeness (QED) is 0.774. The van der Waals surface area contributed by atoms with Gasteiger partial charge in [0.2, 0.25) is 5.91 Å². The van der Waals surface area contributed by atoms with Crippen molar-refractivity contribution in [3.8, 4) is 0 Å². The Bertz CT molecular complexity index is 826. The summed E-state index contributed by atoms with van der Waals surface area (Å²) in [5.74, 6) is 1.32. The molecule has 2 aliphatic rings. The summed E-state index contributed by atoms with van der Waals surface area (Å²) in [7, 11) is 0. The summed E-state index contributed by atoms with van der Waals surface area (Å²) in [5.41, 5.74) is 1.08. The summed E-state index contributed by atoms with van der Waals surface area (Å²) in [4.78, 5) is 12.3. The first-order valence-electron chi connectivity index (χ1n) is 8.33. The van der Waals surface area contributed by atoms with E-state index in [-0.39, 0.29) is 17.7 Å². The van der Waals surface area contributed by atoms with E-state index in [0.717, 1.165) is 35.7 Å².